The lowest BCUT2D eigenvalue weighted by Crippen LogP contribution is -2.25. The number of anilines is 2. The number of nitriles is 1. The number of rotatable bonds is 6. The van der Waals surface area contributed by atoms with E-state index in [0.29, 0.717) is 12.5 Å². The third-order valence-corrected chi connectivity index (χ3v) is 3.25. The Kier molecular flexibility index (Phi) is 4.94. The Balaban J connectivity index is 2.41. The zero-order chi connectivity index (χ0) is 15.2. The van der Waals surface area contributed by atoms with Crippen LogP contribution in [0.2, 0.25) is 0 Å². The van der Waals surface area contributed by atoms with Gasteiger partial charge in [-0.1, -0.05) is 19.1 Å². The van der Waals surface area contributed by atoms with Gasteiger partial charge in [0, 0.05) is 25.5 Å². The number of para-hydroxylation sites is 1. The summed E-state index contributed by atoms with van der Waals surface area (Å²) < 4.78 is 0. The van der Waals surface area contributed by atoms with E-state index in [1.165, 1.54) is 0 Å². The zero-order valence-electron chi connectivity index (χ0n) is 12.8. The molecule has 1 heterocycles. The zero-order valence-corrected chi connectivity index (χ0v) is 12.8. The van der Waals surface area contributed by atoms with Gasteiger partial charge in [-0.05, 0) is 25.5 Å². The van der Waals surface area contributed by atoms with E-state index in [0.717, 1.165) is 29.7 Å². The Bertz CT molecular complexity index is 647. The molecule has 0 amide bonds. The van der Waals surface area contributed by atoms with Crippen LogP contribution in [-0.2, 0) is 0 Å². The first-order valence-electron chi connectivity index (χ1n) is 7.27. The maximum absolute atomic E-state index is 8.99. The Morgan fingerprint density at radius 1 is 1.33 bits per heavy atom. The molecule has 1 unspecified atom stereocenters. The second kappa shape index (κ2) is 6.89. The van der Waals surface area contributed by atoms with E-state index in [1.54, 1.807) is 0 Å². The smallest absolute Gasteiger partial charge is 0.225 e. The molecule has 0 aliphatic heterocycles. The predicted octanol–water partition coefficient (Wildman–Crippen LogP) is 3.05. The summed E-state index contributed by atoms with van der Waals surface area (Å²) in [6.45, 7) is 5.51. The third kappa shape index (κ3) is 3.60. The van der Waals surface area contributed by atoms with E-state index < -0.39 is 0 Å². The van der Waals surface area contributed by atoms with Crippen LogP contribution < -0.4 is 10.2 Å². The molecule has 1 atom stereocenters. The SMILES string of the molecule is CCCNc1nc(N(C)CC(C)C#N)c2ccccc2n1. The van der Waals surface area contributed by atoms with Crippen molar-refractivity contribution in [3.05, 3.63) is 24.3 Å². The van der Waals surface area contributed by atoms with Gasteiger partial charge in [-0.25, -0.2) is 4.98 Å². The fourth-order valence-electron chi connectivity index (χ4n) is 2.20. The highest BCUT2D eigenvalue weighted by Crippen LogP contribution is 2.25. The maximum Gasteiger partial charge on any atom is 0.225 e. The summed E-state index contributed by atoms with van der Waals surface area (Å²) in [5, 5.41) is 13.2. The summed E-state index contributed by atoms with van der Waals surface area (Å²) in [4.78, 5) is 11.2. The molecular weight excluding hydrogens is 262 g/mol. The molecule has 2 rings (SSSR count). The van der Waals surface area contributed by atoms with Crippen LogP contribution in [0.5, 0.6) is 0 Å². The van der Waals surface area contributed by atoms with Crippen LogP contribution in [0.1, 0.15) is 20.3 Å². The van der Waals surface area contributed by atoms with E-state index in [-0.39, 0.29) is 5.92 Å². The van der Waals surface area contributed by atoms with Crippen molar-refractivity contribution < 1.29 is 0 Å². The van der Waals surface area contributed by atoms with Gasteiger partial charge in [-0.2, -0.15) is 10.2 Å². The van der Waals surface area contributed by atoms with Gasteiger partial charge in [-0.15, -0.1) is 0 Å². The van der Waals surface area contributed by atoms with Crippen molar-refractivity contribution in [2.24, 2.45) is 5.92 Å². The highest BCUT2D eigenvalue weighted by Gasteiger charge is 2.13. The first-order chi connectivity index (χ1) is 10.2. The minimum Gasteiger partial charge on any atom is -0.358 e. The van der Waals surface area contributed by atoms with Crippen molar-refractivity contribution in [1.82, 2.24) is 9.97 Å². The average Bonchev–Trinajstić information content (AvgIpc) is 2.51. The van der Waals surface area contributed by atoms with Crippen molar-refractivity contribution in [2.75, 3.05) is 30.4 Å². The summed E-state index contributed by atoms with van der Waals surface area (Å²) in [7, 11) is 1.96. The molecule has 5 nitrogen and oxygen atoms in total. The van der Waals surface area contributed by atoms with Gasteiger partial charge >= 0.3 is 0 Å². The van der Waals surface area contributed by atoms with Gasteiger partial charge in [0.15, 0.2) is 0 Å². The van der Waals surface area contributed by atoms with Crippen LogP contribution in [-0.4, -0.2) is 30.1 Å². The van der Waals surface area contributed by atoms with E-state index in [9.17, 15) is 0 Å². The number of nitrogens with one attached hydrogen (secondary N) is 1. The van der Waals surface area contributed by atoms with Crippen LogP contribution in [0, 0.1) is 17.2 Å². The Labute approximate surface area is 125 Å². The largest absolute Gasteiger partial charge is 0.358 e. The average molecular weight is 283 g/mol. The highest BCUT2D eigenvalue weighted by molar-refractivity contribution is 5.90. The topological polar surface area (TPSA) is 64.8 Å². The predicted molar refractivity (Wildman–Crippen MR) is 86.4 cm³/mol. The van der Waals surface area contributed by atoms with Crippen LogP contribution in [0.25, 0.3) is 10.9 Å². The summed E-state index contributed by atoms with van der Waals surface area (Å²) in [6, 6.07) is 10.2. The molecule has 0 aliphatic rings. The fraction of sp³-hybridized carbons (Fsp3) is 0.438. The van der Waals surface area contributed by atoms with Gasteiger partial charge in [0.05, 0.1) is 17.5 Å². The minimum absolute atomic E-state index is 0.0456. The van der Waals surface area contributed by atoms with Gasteiger partial charge in [0.2, 0.25) is 5.95 Å². The fourth-order valence-corrected chi connectivity index (χ4v) is 2.20. The quantitative estimate of drug-likeness (QED) is 0.882. The molecule has 0 spiro atoms. The maximum atomic E-state index is 8.99. The number of aromatic nitrogens is 2. The molecule has 1 aromatic heterocycles. The number of hydrogen-bond donors (Lipinski definition) is 1. The van der Waals surface area contributed by atoms with E-state index in [4.69, 9.17) is 5.26 Å². The number of benzene rings is 1. The lowest BCUT2D eigenvalue weighted by atomic mass is 10.2. The molecule has 2 aromatic rings. The Hall–Kier alpha value is -2.35. The lowest BCUT2D eigenvalue weighted by molar-refractivity contribution is 0.711. The normalized spacial score (nSPS) is 11.9. The number of nitrogens with zero attached hydrogens (tertiary/aromatic N) is 4. The molecule has 0 saturated carbocycles. The Morgan fingerprint density at radius 2 is 2.10 bits per heavy atom. The van der Waals surface area contributed by atoms with Gasteiger partial charge in [0.25, 0.3) is 0 Å². The van der Waals surface area contributed by atoms with E-state index in [2.05, 4.69) is 28.3 Å². The third-order valence-electron chi connectivity index (χ3n) is 3.25. The molecule has 0 saturated heterocycles. The molecule has 5 heteroatoms. The summed E-state index contributed by atoms with van der Waals surface area (Å²) in [6.07, 6.45) is 1.02. The summed E-state index contributed by atoms with van der Waals surface area (Å²) in [5.74, 6) is 1.46. The highest BCUT2D eigenvalue weighted by atomic mass is 15.2. The summed E-state index contributed by atoms with van der Waals surface area (Å²) >= 11 is 0. The van der Waals surface area contributed by atoms with E-state index >= 15 is 0 Å². The van der Waals surface area contributed by atoms with Crippen LogP contribution in [0.4, 0.5) is 11.8 Å². The number of hydrogen-bond acceptors (Lipinski definition) is 5. The molecule has 0 fully saturated rings. The Morgan fingerprint density at radius 3 is 2.81 bits per heavy atom. The second-order valence-electron chi connectivity index (χ2n) is 5.23. The van der Waals surface area contributed by atoms with Crippen LogP contribution in [0.15, 0.2) is 24.3 Å². The van der Waals surface area contributed by atoms with Crippen LogP contribution >= 0.6 is 0 Å². The molecule has 21 heavy (non-hydrogen) atoms. The van der Waals surface area contributed by atoms with Gasteiger partial charge in [0.1, 0.15) is 5.82 Å². The van der Waals surface area contributed by atoms with Crippen molar-refractivity contribution in [3.63, 3.8) is 0 Å². The molecule has 0 aliphatic carbocycles. The van der Waals surface area contributed by atoms with Crippen molar-refractivity contribution >= 4 is 22.7 Å². The van der Waals surface area contributed by atoms with Gasteiger partial charge < -0.3 is 10.2 Å². The molecule has 1 N–H and O–H groups in total. The molecule has 110 valence electrons. The molecule has 0 radical (unpaired) electrons. The lowest BCUT2D eigenvalue weighted by Gasteiger charge is -2.21. The van der Waals surface area contributed by atoms with E-state index in [1.807, 2.05) is 43.1 Å². The van der Waals surface area contributed by atoms with Gasteiger partial charge in [-0.3, -0.25) is 0 Å². The van der Waals surface area contributed by atoms with Crippen molar-refractivity contribution in [3.8, 4) is 6.07 Å². The summed E-state index contributed by atoms with van der Waals surface area (Å²) in [5.41, 5.74) is 0.914. The molecule has 1 aromatic carbocycles. The van der Waals surface area contributed by atoms with Crippen molar-refractivity contribution in [1.29, 1.82) is 5.26 Å². The first-order valence-corrected chi connectivity index (χ1v) is 7.27. The second-order valence-corrected chi connectivity index (χ2v) is 5.23. The van der Waals surface area contributed by atoms with Crippen LogP contribution in [0.3, 0.4) is 0 Å². The molecule has 0 bridgehead atoms. The monoisotopic (exact) mass is 283 g/mol. The minimum atomic E-state index is -0.0456. The standard InChI is InChI=1S/C16H21N5/c1-4-9-18-16-19-14-8-6-5-7-13(14)15(20-16)21(3)11-12(2)10-17/h5-8,12H,4,9,11H2,1-3H3,(H,18,19,20). The number of fused-ring (bicyclic) bond motifs is 1. The van der Waals surface area contributed by atoms with Crippen molar-refractivity contribution in [2.45, 2.75) is 20.3 Å². The molecular formula is C16H21N5. The first kappa shape index (κ1) is 15.0.